The Hall–Kier alpha value is -0.990. The van der Waals surface area contributed by atoms with E-state index < -0.39 is 0 Å². The Morgan fingerprint density at radius 2 is 1.35 bits per heavy atom. The first-order valence-corrected chi connectivity index (χ1v) is 9.77. The highest BCUT2D eigenvalue weighted by Crippen LogP contribution is 2.28. The Labute approximate surface area is 143 Å². The molecule has 0 unspecified atom stereocenters. The van der Waals surface area contributed by atoms with Gasteiger partial charge in [0.1, 0.15) is 5.84 Å². The van der Waals surface area contributed by atoms with E-state index >= 15 is 0 Å². The van der Waals surface area contributed by atoms with E-state index in [1.165, 1.54) is 77.0 Å². The molecule has 0 aliphatic carbocycles. The molecule has 0 aromatic carbocycles. The molecule has 23 heavy (non-hydrogen) atoms. The van der Waals surface area contributed by atoms with E-state index in [9.17, 15) is 0 Å². The van der Waals surface area contributed by atoms with Crippen LogP contribution in [0.15, 0.2) is 17.5 Å². The summed E-state index contributed by atoms with van der Waals surface area (Å²) in [6, 6.07) is 0. The lowest BCUT2D eigenvalue weighted by Crippen LogP contribution is -2.33. The largest absolute Gasteiger partial charge is 0.361 e. The molecular weight excluding hydrogens is 284 g/mol. The van der Waals surface area contributed by atoms with Gasteiger partial charge in [0.2, 0.25) is 5.88 Å². The zero-order valence-electron chi connectivity index (χ0n) is 15.8. The summed E-state index contributed by atoms with van der Waals surface area (Å²) in [7, 11) is 0. The molecule has 1 rings (SSSR count). The average Bonchev–Trinajstić information content (AvgIpc) is 2.96. The molecule has 0 aromatic heterocycles. The zero-order valence-corrected chi connectivity index (χ0v) is 15.8. The number of hydroxylamine groups is 1. The van der Waals surface area contributed by atoms with Gasteiger partial charge in [-0.1, -0.05) is 97.8 Å². The van der Waals surface area contributed by atoms with Crippen LogP contribution in [0.2, 0.25) is 0 Å². The van der Waals surface area contributed by atoms with Gasteiger partial charge in [-0.2, -0.15) is 4.99 Å². The van der Waals surface area contributed by atoms with Crippen LogP contribution in [0.1, 0.15) is 104 Å². The van der Waals surface area contributed by atoms with Crippen LogP contribution in [0.5, 0.6) is 0 Å². The van der Waals surface area contributed by atoms with E-state index in [0.717, 1.165) is 12.3 Å². The van der Waals surface area contributed by atoms with Crippen molar-refractivity contribution >= 4 is 5.84 Å². The number of hydrogen-bond donors (Lipinski definition) is 1. The molecular formula is C20H38N2O. The van der Waals surface area contributed by atoms with Crippen molar-refractivity contribution in [1.82, 2.24) is 5.48 Å². The van der Waals surface area contributed by atoms with Crippen LogP contribution in [0.25, 0.3) is 0 Å². The first kappa shape index (κ1) is 20.1. The summed E-state index contributed by atoms with van der Waals surface area (Å²) in [6.07, 6.45) is 17.9. The second-order valence-electron chi connectivity index (χ2n) is 7.58. The topological polar surface area (TPSA) is 33.6 Å². The lowest BCUT2D eigenvalue weighted by molar-refractivity contribution is 0.171. The molecule has 1 aliphatic heterocycles. The summed E-state index contributed by atoms with van der Waals surface area (Å²) < 4.78 is 0. The van der Waals surface area contributed by atoms with Gasteiger partial charge in [-0.15, -0.1) is 0 Å². The van der Waals surface area contributed by atoms with Crippen LogP contribution in [0, 0.1) is 5.41 Å². The molecule has 0 amide bonds. The maximum atomic E-state index is 5.12. The third kappa shape index (κ3) is 9.02. The number of rotatable bonds is 14. The fourth-order valence-electron chi connectivity index (χ4n) is 3.09. The predicted octanol–water partition coefficient (Wildman–Crippen LogP) is 6.51. The highest BCUT2D eigenvalue weighted by Gasteiger charge is 2.28. The first-order chi connectivity index (χ1) is 11.1. The summed E-state index contributed by atoms with van der Waals surface area (Å²) in [5.41, 5.74) is 2.94. The molecule has 134 valence electrons. The standard InChI is InChI=1S/C20H38N2O/c1-5-6-7-8-9-10-11-12-13-14-15-16-17-20(3,4)19-21-18(2)23-22-19/h2,5-17H2,1,3-4H3,(H,21,22). The third-order valence-corrected chi connectivity index (χ3v) is 4.80. The third-order valence-electron chi connectivity index (χ3n) is 4.80. The van der Waals surface area contributed by atoms with Gasteiger partial charge >= 0.3 is 0 Å². The first-order valence-electron chi connectivity index (χ1n) is 9.77. The Morgan fingerprint density at radius 3 is 1.78 bits per heavy atom. The molecule has 0 saturated carbocycles. The Balaban J connectivity index is 1.91. The molecule has 0 bridgehead atoms. The van der Waals surface area contributed by atoms with Gasteiger partial charge < -0.3 is 4.84 Å². The van der Waals surface area contributed by atoms with Crippen molar-refractivity contribution in [2.75, 3.05) is 0 Å². The number of nitrogens with one attached hydrogen (secondary N) is 1. The smallest absolute Gasteiger partial charge is 0.240 e. The van der Waals surface area contributed by atoms with Gasteiger partial charge in [0, 0.05) is 5.41 Å². The molecule has 0 fully saturated rings. The summed E-state index contributed by atoms with van der Waals surface area (Å²) in [6.45, 7) is 10.4. The van der Waals surface area contributed by atoms with Crippen LogP contribution >= 0.6 is 0 Å². The van der Waals surface area contributed by atoms with Crippen molar-refractivity contribution in [1.29, 1.82) is 0 Å². The normalized spacial score (nSPS) is 14.6. The average molecular weight is 323 g/mol. The van der Waals surface area contributed by atoms with Crippen molar-refractivity contribution in [3.63, 3.8) is 0 Å². The van der Waals surface area contributed by atoms with E-state index in [1.54, 1.807) is 0 Å². The van der Waals surface area contributed by atoms with Crippen LogP contribution in [-0.4, -0.2) is 5.84 Å². The van der Waals surface area contributed by atoms with Gasteiger partial charge in [-0.3, -0.25) is 0 Å². The Kier molecular flexibility index (Phi) is 10.1. The number of nitrogens with zero attached hydrogens (tertiary/aromatic N) is 1. The second kappa shape index (κ2) is 11.5. The molecule has 0 radical (unpaired) electrons. The monoisotopic (exact) mass is 322 g/mol. The van der Waals surface area contributed by atoms with Crippen molar-refractivity contribution in [3.05, 3.63) is 12.5 Å². The fraction of sp³-hybridized carbons (Fsp3) is 0.850. The fourth-order valence-corrected chi connectivity index (χ4v) is 3.09. The van der Waals surface area contributed by atoms with Gasteiger partial charge in [0.15, 0.2) is 0 Å². The summed E-state index contributed by atoms with van der Waals surface area (Å²) in [5, 5.41) is 0. The molecule has 0 atom stereocenters. The van der Waals surface area contributed by atoms with Crippen LogP contribution < -0.4 is 5.48 Å². The molecule has 0 aromatic rings. The molecule has 3 nitrogen and oxygen atoms in total. The van der Waals surface area contributed by atoms with Crippen molar-refractivity contribution in [3.8, 4) is 0 Å². The zero-order chi connectivity index (χ0) is 17.0. The van der Waals surface area contributed by atoms with Crippen LogP contribution in [0.3, 0.4) is 0 Å². The van der Waals surface area contributed by atoms with Crippen LogP contribution in [0.4, 0.5) is 0 Å². The second-order valence-corrected chi connectivity index (χ2v) is 7.58. The molecule has 1 N–H and O–H groups in total. The number of aliphatic imine (C=N–C) groups is 1. The van der Waals surface area contributed by atoms with Crippen molar-refractivity contribution < 1.29 is 4.84 Å². The van der Waals surface area contributed by atoms with Crippen LogP contribution in [-0.2, 0) is 4.84 Å². The van der Waals surface area contributed by atoms with Crippen molar-refractivity contribution in [2.24, 2.45) is 10.4 Å². The molecule has 1 heterocycles. The number of hydrogen-bond acceptors (Lipinski definition) is 3. The maximum Gasteiger partial charge on any atom is 0.240 e. The van der Waals surface area contributed by atoms with E-state index in [2.05, 4.69) is 37.8 Å². The molecule has 1 aliphatic rings. The van der Waals surface area contributed by atoms with Gasteiger partial charge in [-0.25, -0.2) is 5.48 Å². The lowest BCUT2D eigenvalue weighted by atomic mass is 9.85. The quantitative estimate of drug-likeness (QED) is 0.370. The van der Waals surface area contributed by atoms with E-state index in [0.29, 0.717) is 5.88 Å². The Morgan fingerprint density at radius 1 is 0.870 bits per heavy atom. The van der Waals surface area contributed by atoms with E-state index in [1.807, 2.05) is 0 Å². The Bertz CT molecular complexity index is 361. The summed E-state index contributed by atoms with van der Waals surface area (Å²) in [5.74, 6) is 1.40. The van der Waals surface area contributed by atoms with Gasteiger partial charge in [-0.05, 0) is 13.0 Å². The predicted molar refractivity (Wildman–Crippen MR) is 100 cm³/mol. The van der Waals surface area contributed by atoms with E-state index in [-0.39, 0.29) is 5.41 Å². The summed E-state index contributed by atoms with van der Waals surface area (Å²) >= 11 is 0. The van der Waals surface area contributed by atoms with E-state index in [4.69, 9.17) is 4.84 Å². The number of amidine groups is 1. The summed E-state index contributed by atoms with van der Waals surface area (Å²) in [4.78, 5) is 9.44. The van der Waals surface area contributed by atoms with Gasteiger partial charge in [0.25, 0.3) is 0 Å². The molecule has 3 heteroatoms. The van der Waals surface area contributed by atoms with Crippen molar-refractivity contribution in [2.45, 2.75) is 104 Å². The minimum Gasteiger partial charge on any atom is -0.361 e. The highest BCUT2D eigenvalue weighted by molar-refractivity contribution is 5.88. The molecule has 0 spiro atoms. The minimum absolute atomic E-state index is 0.0535. The minimum atomic E-state index is 0.0535. The maximum absolute atomic E-state index is 5.12. The SMILES string of the molecule is C=C1N=C(C(C)(C)CCCCCCCCCCCCCC)NO1. The lowest BCUT2D eigenvalue weighted by Gasteiger charge is -2.23. The highest BCUT2D eigenvalue weighted by atomic mass is 16.7. The van der Waals surface area contributed by atoms with Gasteiger partial charge in [0.05, 0.1) is 0 Å². The molecule has 0 saturated heterocycles. The number of unbranched alkanes of at least 4 members (excludes halogenated alkanes) is 11.